The predicted molar refractivity (Wildman–Crippen MR) is 143 cm³/mol. The topological polar surface area (TPSA) is 26.0 Å². The summed E-state index contributed by atoms with van der Waals surface area (Å²) in [5, 5.41) is 0. The molecule has 1 nitrogen and oxygen atoms in total. The predicted octanol–water partition coefficient (Wildman–Crippen LogP) is 9.84. The molecule has 1 rings (SSSR count). The molecule has 0 bridgehead atoms. The number of hydrogen-bond acceptors (Lipinski definition) is 1. The Hall–Kier alpha value is -0.530. The van der Waals surface area contributed by atoms with E-state index in [1.165, 1.54) is 114 Å². The van der Waals surface area contributed by atoms with Crippen molar-refractivity contribution in [3.05, 3.63) is 35.4 Å². The largest absolute Gasteiger partial charge is 0.322 e. The van der Waals surface area contributed by atoms with Gasteiger partial charge in [-0.25, -0.2) is 0 Å². The lowest BCUT2D eigenvalue weighted by atomic mass is 9.74. The average molecular weight is 452 g/mol. The van der Waals surface area contributed by atoms with Gasteiger partial charge >= 0.3 is 0 Å². The molecule has 1 aromatic rings. The molecule has 0 atom stereocenters. The van der Waals surface area contributed by atoms with E-state index in [-0.39, 0.29) is 23.4 Å². The summed E-state index contributed by atoms with van der Waals surface area (Å²) in [6.07, 6.45) is 22.6. The summed E-state index contributed by atoms with van der Waals surface area (Å²) < 4.78 is 0. The maximum Gasteiger partial charge on any atom is 0.0355 e. The van der Waals surface area contributed by atoms with E-state index >= 15 is 0 Å². The Morgan fingerprint density at radius 3 is 1.32 bits per heavy atom. The van der Waals surface area contributed by atoms with Crippen LogP contribution in [-0.2, 0) is 11.0 Å². The van der Waals surface area contributed by atoms with Crippen LogP contribution in [0.25, 0.3) is 0 Å². The van der Waals surface area contributed by atoms with E-state index in [1.807, 2.05) is 0 Å². The zero-order valence-corrected chi connectivity index (χ0v) is 22.4. The third kappa shape index (κ3) is 13.6. The Morgan fingerprint density at radius 2 is 0.935 bits per heavy atom. The smallest absolute Gasteiger partial charge is 0.0355 e. The first-order valence-electron chi connectivity index (χ1n) is 13.2. The highest BCUT2D eigenvalue weighted by molar-refractivity contribution is 5.85. The molecule has 0 saturated heterocycles. The third-order valence-electron chi connectivity index (χ3n) is 6.76. The van der Waals surface area contributed by atoms with Crippen LogP contribution in [0.5, 0.6) is 0 Å². The number of halogens is 1. The van der Waals surface area contributed by atoms with E-state index in [9.17, 15) is 0 Å². The van der Waals surface area contributed by atoms with Gasteiger partial charge in [-0.3, -0.25) is 0 Å². The summed E-state index contributed by atoms with van der Waals surface area (Å²) in [6, 6.07) is 8.79. The van der Waals surface area contributed by atoms with Crippen molar-refractivity contribution in [2.45, 2.75) is 148 Å². The maximum atomic E-state index is 6.44. The Kier molecular flexibility index (Phi) is 16.7. The molecule has 0 fully saturated rings. The van der Waals surface area contributed by atoms with Crippen molar-refractivity contribution in [3.8, 4) is 0 Å². The minimum absolute atomic E-state index is 0. The van der Waals surface area contributed by atoms with Crippen molar-refractivity contribution in [1.29, 1.82) is 0 Å². The van der Waals surface area contributed by atoms with E-state index in [4.69, 9.17) is 5.73 Å². The zero-order chi connectivity index (χ0) is 22.3. The maximum absolute atomic E-state index is 6.44. The molecule has 2 heteroatoms. The second kappa shape index (κ2) is 17.0. The molecule has 0 radical (unpaired) electrons. The summed E-state index contributed by atoms with van der Waals surface area (Å²) in [5.74, 6) is 0. The van der Waals surface area contributed by atoms with Crippen LogP contribution >= 0.6 is 12.4 Å². The van der Waals surface area contributed by atoms with Crippen molar-refractivity contribution in [2.24, 2.45) is 5.73 Å². The third-order valence-corrected chi connectivity index (χ3v) is 6.76. The van der Waals surface area contributed by atoms with Crippen LogP contribution in [0, 0.1) is 0 Å². The second-order valence-electron chi connectivity index (χ2n) is 10.9. The molecular formula is C29H54ClN. The zero-order valence-electron chi connectivity index (χ0n) is 21.6. The SMILES string of the molecule is CCCCCCCCCCCCCCCCCC(C)(C)c1ccccc1C(C)(C)N.Cl. The minimum atomic E-state index is -0.275. The molecule has 0 aliphatic heterocycles. The molecule has 0 aliphatic rings. The molecule has 31 heavy (non-hydrogen) atoms. The highest BCUT2D eigenvalue weighted by atomic mass is 35.5. The van der Waals surface area contributed by atoms with Gasteiger partial charge in [0.05, 0.1) is 0 Å². The molecule has 182 valence electrons. The molecule has 0 aromatic heterocycles. The molecule has 0 spiro atoms. The second-order valence-corrected chi connectivity index (χ2v) is 10.9. The monoisotopic (exact) mass is 451 g/mol. The van der Waals surface area contributed by atoms with Crippen LogP contribution in [0.1, 0.15) is 148 Å². The van der Waals surface area contributed by atoms with Gasteiger partial charge in [-0.1, -0.05) is 141 Å². The van der Waals surface area contributed by atoms with Gasteiger partial charge in [0.2, 0.25) is 0 Å². The van der Waals surface area contributed by atoms with Gasteiger partial charge in [0, 0.05) is 5.54 Å². The summed E-state index contributed by atoms with van der Waals surface area (Å²) in [4.78, 5) is 0. The van der Waals surface area contributed by atoms with Crippen molar-refractivity contribution < 1.29 is 0 Å². The van der Waals surface area contributed by atoms with E-state index in [0.29, 0.717) is 0 Å². The molecular weight excluding hydrogens is 398 g/mol. The van der Waals surface area contributed by atoms with E-state index in [0.717, 1.165) is 0 Å². The van der Waals surface area contributed by atoms with Gasteiger partial charge in [-0.05, 0) is 36.8 Å². The number of nitrogens with two attached hydrogens (primary N) is 1. The Bertz CT molecular complexity index is 544. The first-order chi connectivity index (χ1) is 14.3. The van der Waals surface area contributed by atoms with Gasteiger partial charge in [0.15, 0.2) is 0 Å². The fourth-order valence-corrected chi connectivity index (χ4v) is 4.71. The first kappa shape index (κ1) is 30.5. The normalized spacial score (nSPS) is 12.1. The van der Waals surface area contributed by atoms with E-state index in [1.54, 1.807) is 0 Å². The average Bonchev–Trinajstić information content (AvgIpc) is 2.70. The highest BCUT2D eigenvalue weighted by Gasteiger charge is 2.27. The molecule has 0 heterocycles. The standard InChI is InChI=1S/C29H53N.ClH/c1-6-7-8-9-10-11-12-13-14-15-16-17-18-19-22-25-28(2,3)26-23-20-21-24-27(26)29(4,5)30;/h20-21,23-24H,6-19,22,25,30H2,1-5H3;1H. The molecule has 0 aliphatic carbocycles. The minimum Gasteiger partial charge on any atom is -0.322 e. The lowest BCUT2D eigenvalue weighted by Crippen LogP contribution is -2.33. The fourth-order valence-electron chi connectivity index (χ4n) is 4.71. The quantitative estimate of drug-likeness (QED) is 0.221. The van der Waals surface area contributed by atoms with Gasteiger partial charge in [0.1, 0.15) is 0 Å². The van der Waals surface area contributed by atoms with Crippen molar-refractivity contribution in [3.63, 3.8) is 0 Å². The van der Waals surface area contributed by atoms with Crippen molar-refractivity contribution >= 4 is 12.4 Å². The van der Waals surface area contributed by atoms with Gasteiger partial charge in [0.25, 0.3) is 0 Å². The van der Waals surface area contributed by atoms with Crippen LogP contribution in [0.15, 0.2) is 24.3 Å². The first-order valence-corrected chi connectivity index (χ1v) is 13.2. The van der Waals surface area contributed by atoms with Crippen LogP contribution in [0.3, 0.4) is 0 Å². The van der Waals surface area contributed by atoms with E-state index < -0.39 is 0 Å². The van der Waals surface area contributed by atoms with Crippen LogP contribution in [-0.4, -0.2) is 0 Å². The van der Waals surface area contributed by atoms with Gasteiger partial charge in [-0.15, -0.1) is 12.4 Å². The number of hydrogen-bond donors (Lipinski definition) is 1. The Labute approximate surface area is 201 Å². The van der Waals surface area contributed by atoms with Crippen LogP contribution < -0.4 is 5.73 Å². The highest BCUT2D eigenvalue weighted by Crippen LogP contribution is 2.35. The summed E-state index contributed by atoms with van der Waals surface area (Å²) >= 11 is 0. The molecule has 0 saturated carbocycles. The van der Waals surface area contributed by atoms with Crippen molar-refractivity contribution in [1.82, 2.24) is 0 Å². The molecule has 0 unspecified atom stereocenters. The summed E-state index contributed by atoms with van der Waals surface area (Å²) in [6.45, 7) is 11.3. The number of unbranched alkanes of at least 4 members (excludes halogenated alkanes) is 14. The fraction of sp³-hybridized carbons (Fsp3) is 0.793. The van der Waals surface area contributed by atoms with Crippen molar-refractivity contribution in [2.75, 3.05) is 0 Å². The van der Waals surface area contributed by atoms with E-state index in [2.05, 4.69) is 58.9 Å². The number of rotatable bonds is 18. The lowest BCUT2D eigenvalue weighted by molar-refractivity contribution is 0.426. The number of benzene rings is 1. The summed E-state index contributed by atoms with van der Waals surface area (Å²) in [5.41, 5.74) is 9.10. The molecule has 0 amide bonds. The van der Waals surface area contributed by atoms with Gasteiger partial charge < -0.3 is 5.73 Å². The molecule has 1 aromatic carbocycles. The van der Waals surface area contributed by atoms with Gasteiger partial charge in [-0.2, -0.15) is 0 Å². The Balaban J connectivity index is 0.00000900. The molecule has 2 N–H and O–H groups in total. The summed E-state index contributed by atoms with van der Waals surface area (Å²) in [7, 11) is 0. The lowest BCUT2D eigenvalue weighted by Gasteiger charge is -2.32. The van der Waals surface area contributed by atoms with Crippen LogP contribution in [0.2, 0.25) is 0 Å². The Morgan fingerprint density at radius 1 is 0.581 bits per heavy atom. The van der Waals surface area contributed by atoms with Crippen LogP contribution in [0.4, 0.5) is 0 Å².